The Kier molecular flexibility index (Phi) is 8.08. The summed E-state index contributed by atoms with van der Waals surface area (Å²) in [5, 5.41) is 0. The van der Waals surface area contributed by atoms with E-state index in [1.165, 1.54) is 10.8 Å². The third-order valence-corrected chi connectivity index (χ3v) is 1.68. The SMILES string of the molecule is CCI.[Zr][C]1=CC=CC1. The number of hydrogen-bond donors (Lipinski definition) is 0. The fraction of sp³-hybridized carbons (Fsp3) is 0.429. The molecule has 0 fully saturated rings. The number of allylic oxidation sites excluding steroid dienone is 4. The molecule has 0 aromatic carbocycles. The molecule has 0 bridgehead atoms. The molecule has 0 amide bonds. The van der Waals surface area contributed by atoms with E-state index in [1.54, 1.807) is 28.0 Å². The summed E-state index contributed by atoms with van der Waals surface area (Å²) in [6, 6.07) is 0. The van der Waals surface area contributed by atoms with Crippen molar-refractivity contribution in [2.24, 2.45) is 0 Å². The van der Waals surface area contributed by atoms with Crippen LogP contribution in [0.1, 0.15) is 13.3 Å². The summed E-state index contributed by atoms with van der Waals surface area (Å²) in [6.45, 7) is 2.11. The van der Waals surface area contributed by atoms with E-state index in [0.29, 0.717) is 0 Å². The van der Waals surface area contributed by atoms with E-state index in [4.69, 9.17) is 0 Å². The maximum atomic E-state index is 2.29. The van der Waals surface area contributed by atoms with Crippen LogP contribution in [0.5, 0.6) is 0 Å². The van der Waals surface area contributed by atoms with Gasteiger partial charge in [0.1, 0.15) is 0 Å². The Morgan fingerprint density at radius 2 is 2.33 bits per heavy atom. The summed E-state index contributed by atoms with van der Waals surface area (Å²) >= 11 is 3.85. The molecule has 1 rings (SSSR count). The second-order valence-corrected chi connectivity index (χ2v) is 4.70. The van der Waals surface area contributed by atoms with Crippen molar-refractivity contribution in [3.63, 3.8) is 0 Å². The molecule has 9 heavy (non-hydrogen) atoms. The van der Waals surface area contributed by atoms with Crippen LogP contribution in [0.4, 0.5) is 0 Å². The third kappa shape index (κ3) is 6.98. The zero-order valence-corrected chi connectivity index (χ0v) is 10.1. The van der Waals surface area contributed by atoms with Gasteiger partial charge in [-0.25, -0.2) is 0 Å². The molecule has 0 aromatic rings. The average molecular weight is 312 g/mol. The van der Waals surface area contributed by atoms with Crippen molar-refractivity contribution in [1.29, 1.82) is 0 Å². The molecular formula is C7H10IZr. The monoisotopic (exact) mass is 311 g/mol. The van der Waals surface area contributed by atoms with Crippen molar-refractivity contribution in [1.82, 2.24) is 0 Å². The Hall–Kier alpha value is 1.09. The van der Waals surface area contributed by atoms with E-state index in [-0.39, 0.29) is 0 Å². The van der Waals surface area contributed by atoms with Crippen LogP contribution in [0.25, 0.3) is 0 Å². The predicted octanol–water partition coefficient (Wildman–Crippen LogP) is 2.82. The van der Waals surface area contributed by atoms with Gasteiger partial charge in [0.05, 0.1) is 0 Å². The molecule has 0 unspecified atom stereocenters. The molecule has 0 aromatic heterocycles. The van der Waals surface area contributed by atoms with Gasteiger partial charge in [-0.2, -0.15) is 0 Å². The third-order valence-electron chi connectivity index (χ3n) is 0.771. The van der Waals surface area contributed by atoms with Gasteiger partial charge >= 0.3 is 52.6 Å². The molecule has 0 nitrogen and oxygen atoms in total. The van der Waals surface area contributed by atoms with Crippen LogP contribution >= 0.6 is 22.6 Å². The Morgan fingerprint density at radius 1 is 1.78 bits per heavy atom. The number of alkyl halides is 1. The molecule has 0 aliphatic heterocycles. The van der Waals surface area contributed by atoms with Crippen LogP contribution in [-0.4, -0.2) is 4.43 Å². The maximum absolute atomic E-state index is 2.29. The number of hydrogen-bond acceptors (Lipinski definition) is 0. The molecular weight excluding hydrogens is 302 g/mol. The summed E-state index contributed by atoms with van der Waals surface area (Å²) in [5.74, 6) is 0. The van der Waals surface area contributed by atoms with Crippen LogP contribution in [0.3, 0.4) is 0 Å². The first-order chi connectivity index (χ1) is 4.31. The Labute approximate surface area is 85.8 Å². The fourth-order valence-electron chi connectivity index (χ4n) is 0.447. The summed E-state index contributed by atoms with van der Waals surface area (Å²) in [7, 11) is 0. The normalized spacial score (nSPS) is 14.1. The van der Waals surface area contributed by atoms with Crippen molar-refractivity contribution in [3.8, 4) is 0 Å². The van der Waals surface area contributed by atoms with Gasteiger partial charge in [-0.1, -0.05) is 29.5 Å². The molecule has 0 radical (unpaired) electrons. The van der Waals surface area contributed by atoms with Crippen LogP contribution in [0.2, 0.25) is 0 Å². The van der Waals surface area contributed by atoms with Gasteiger partial charge in [-0.05, 0) is 4.43 Å². The molecule has 0 atom stereocenters. The molecule has 1 aliphatic carbocycles. The Bertz CT molecular complexity index is 116. The number of halogens is 1. The first-order valence-electron chi connectivity index (χ1n) is 2.94. The standard InChI is InChI=1S/C5H5.C2H5I.Zr/c1-2-4-5-3-1;1-2-3;/h1-3H,4H2;2H2,1H3;. The molecule has 49 valence electrons. The van der Waals surface area contributed by atoms with Crippen molar-refractivity contribution < 1.29 is 24.7 Å². The second-order valence-electron chi connectivity index (χ2n) is 1.59. The molecule has 0 spiro atoms. The van der Waals surface area contributed by atoms with Gasteiger partial charge < -0.3 is 0 Å². The van der Waals surface area contributed by atoms with E-state index in [9.17, 15) is 0 Å². The Balaban J connectivity index is 0.000000187. The quantitative estimate of drug-likeness (QED) is 0.477. The van der Waals surface area contributed by atoms with Gasteiger partial charge in [0.15, 0.2) is 0 Å². The fourth-order valence-corrected chi connectivity index (χ4v) is 0.973. The van der Waals surface area contributed by atoms with E-state index in [1.807, 2.05) is 0 Å². The van der Waals surface area contributed by atoms with Crippen molar-refractivity contribution in [2.45, 2.75) is 13.3 Å². The summed E-state index contributed by atoms with van der Waals surface area (Å²) in [4.78, 5) is 0. The van der Waals surface area contributed by atoms with E-state index in [0.717, 1.165) is 0 Å². The van der Waals surface area contributed by atoms with Crippen LogP contribution in [0.15, 0.2) is 21.5 Å². The molecule has 0 saturated heterocycles. The summed E-state index contributed by atoms with van der Waals surface area (Å²) in [5.41, 5.74) is 0. The summed E-state index contributed by atoms with van der Waals surface area (Å²) < 4.78 is 2.78. The van der Waals surface area contributed by atoms with Crippen molar-refractivity contribution >= 4 is 22.6 Å². The van der Waals surface area contributed by atoms with Crippen molar-refractivity contribution in [2.75, 3.05) is 4.43 Å². The van der Waals surface area contributed by atoms with E-state index >= 15 is 0 Å². The minimum absolute atomic E-state index is 1.21. The number of rotatable bonds is 0. The van der Waals surface area contributed by atoms with Gasteiger partial charge in [0.2, 0.25) is 0 Å². The first-order valence-corrected chi connectivity index (χ1v) is 5.70. The van der Waals surface area contributed by atoms with Gasteiger partial charge in [-0.15, -0.1) is 0 Å². The molecule has 0 heterocycles. The van der Waals surface area contributed by atoms with Crippen LogP contribution in [-0.2, 0) is 24.7 Å². The average Bonchev–Trinajstić information content (AvgIpc) is 2.20. The van der Waals surface area contributed by atoms with Gasteiger partial charge in [0, 0.05) is 0 Å². The van der Waals surface area contributed by atoms with Gasteiger partial charge in [0.25, 0.3) is 0 Å². The van der Waals surface area contributed by atoms with Gasteiger partial charge in [-0.3, -0.25) is 0 Å². The molecule has 0 saturated carbocycles. The molecule has 1 aliphatic rings. The molecule has 2 heteroatoms. The molecule has 0 N–H and O–H groups in total. The second kappa shape index (κ2) is 7.20. The predicted molar refractivity (Wildman–Crippen MR) is 46.4 cm³/mol. The van der Waals surface area contributed by atoms with E-state index < -0.39 is 0 Å². The van der Waals surface area contributed by atoms with E-state index in [2.05, 4.69) is 47.7 Å². The topological polar surface area (TPSA) is 0 Å². The zero-order chi connectivity index (χ0) is 7.11. The zero-order valence-electron chi connectivity index (χ0n) is 5.52. The summed E-state index contributed by atoms with van der Waals surface area (Å²) in [6.07, 6.45) is 7.69. The van der Waals surface area contributed by atoms with Crippen LogP contribution in [0, 0.1) is 0 Å². The minimum atomic E-state index is 1.21. The first kappa shape index (κ1) is 10.1. The Morgan fingerprint density at radius 3 is 2.44 bits per heavy atom. The van der Waals surface area contributed by atoms with Crippen molar-refractivity contribution in [3.05, 3.63) is 21.5 Å². The van der Waals surface area contributed by atoms with Crippen LogP contribution < -0.4 is 0 Å².